The van der Waals surface area contributed by atoms with E-state index in [-0.39, 0.29) is 0 Å². The largest absolute Gasteiger partial charge is 0.274 e. The molecular weight excluding hydrogens is 255 g/mol. The van der Waals surface area contributed by atoms with Gasteiger partial charge in [0.1, 0.15) is 0 Å². The van der Waals surface area contributed by atoms with Crippen molar-refractivity contribution >= 4 is 50.6 Å². The Morgan fingerprint density at radius 1 is 1.88 bits per heavy atom. The van der Waals surface area contributed by atoms with Crippen LogP contribution in [0.2, 0.25) is 0 Å². The first-order valence-electron chi connectivity index (χ1n) is 2.22. The maximum absolute atomic E-state index is 10.5. The van der Waals surface area contributed by atoms with Crippen LogP contribution in [0.25, 0.3) is 0 Å². The highest BCUT2D eigenvalue weighted by Gasteiger charge is 2.21. The fraction of sp³-hybridized carbons (Fsp3) is 0.750. The Morgan fingerprint density at radius 3 is 2.88 bits per heavy atom. The highest BCUT2D eigenvalue weighted by atomic mass is 127. The Kier molecular flexibility index (Phi) is 2.99. The number of carbonyl (C=O) groups excluding carboxylic acids is 1. The molecule has 0 saturated carbocycles. The summed E-state index contributed by atoms with van der Waals surface area (Å²) >= 11 is 5.24. The van der Waals surface area contributed by atoms with E-state index in [1.54, 1.807) is 0 Å². The van der Waals surface area contributed by atoms with Crippen LogP contribution < -0.4 is 0 Å². The second kappa shape index (κ2) is 3.31. The van der Waals surface area contributed by atoms with Crippen molar-refractivity contribution in [3.05, 3.63) is 0 Å². The molecule has 0 aromatic carbocycles. The van der Waals surface area contributed by atoms with Gasteiger partial charge in [-0.1, -0.05) is 46.1 Å². The Morgan fingerprint density at radius 2 is 2.62 bits per heavy atom. The third-order valence-corrected chi connectivity index (χ3v) is 5.00. The number of hydrogen-bond donors (Lipinski definition) is 0. The predicted molar refractivity (Wildman–Crippen MR) is 48.1 cm³/mol. The average Bonchev–Trinajstić information content (AvgIpc) is 2.14. The molecule has 1 saturated heterocycles. The number of hydrogen-bond acceptors (Lipinski definition) is 3. The van der Waals surface area contributed by atoms with Crippen LogP contribution in [-0.4, -0.2) is 19.9 Å². The molecule has 1 aliphatic rings. The van der Waals surface area contributed by atoms with Gasteiger partial charge in [0.25, 0.3) is 0 Å². The zero-order valence-electron chi connectivity index (χ0n) is 4.09. The summed E-state index contributed by atoms with van der Waals surface area (Å²) < 4.78 is 1.40. The van der Waals surface area contributed by atoms with Crippen molar-refractivity contribution < 1.29 is 4.79 Å². The minimum Gasteiger partial charge on any atom is -0.274 e. The van der Waals surface area contributed by atoms with Crippen LogP contribution in [0.4, 0.5) is 4.79 Å². The normalized spacial score (nSPS) is 29.1. The van der Waals surface area contributed by atoms with E-state index in [2.05, 4.69) is 22.6 Å². The summed E-state index contributed by atoms with van der Waals surface area (Å²) in [6.45, 7) is 0. The molecule has 0 spiro atoms. The third-order valence-electron chi connectivity index (χ3n) is 0.822. The molecule has 1 rings (SSSR count). The summed E-state index contributed by atoms with van der Waals surface area (Å²) in [5.74, 6) is 1.02. The number of carbonyl (C=O) groups is 1. The molecular formula is C4H5IOS2. The molecule has 1 aliphatic heterocycles. The van der Waals surface area contributed by atoms with Crippen LogP contribution in [0.15, 0.2) is 0 Å². The maximum atomic E-state index is 10.5. The minimum atomic E-state index is 0.298. The summed E-state index contributed by atoms with van der Waals surface area (Å²) in [4.78, 5) is 10.5. The van der Waals surface area contributed by atoms with Gasteiger partial charge in [-0.15, -0.1) is 0 Å². The van der Waals surface area contributed by atoms with Gasteiger partial charge in [0.05, 0.1) is 0 Å². The predicted octanol–water partition coefficient (Wildman–Crippen LogP) is 2.39. The molecule has 46 valence electrons. The van der Waals surface area contributed by atoms with E-state index in [1.807, 2.05) is 0 Å². The molecule has 1 fully saturated rings. The van der Waals surface area contributed by atoms with Gasteiger partial charge in [-0.2, -0.15) is 0 Å². The Labute approximate surface area is 70.5 Å². The van der Waals surface area contributed by atoms with E-state index >= 15 is 0 Å². The molecule has 0 radical (unpaired) electrons. The molecule has 1 nitrogen and oxygen atoms in total. The van der Waals surface area contributed by atoms with Gasteiger partial charge in [0, 0.05) is 15.4 Å². The summed E-state index contributed by atoms with van der Waals surface area (Å²) in [5.41, 5.74) is 0. The zero-order valence-corrected chi connectivity index (χ0v) is 7.88. The third kappa shape index (κ3) is 1.80. The van der Waals surface area contributed by atoms with Gasteiger partial charge in [-0.25, -0.2) is 0 Å². The Hall–Kier alpha value is 1.10. The quantitative estimate of drug-likeness (QED) is 0.532. The highest BCUT2D eigenvalue weighted by Crippen LogP contribution is 2.33. The van der Waals surface area contributed by atoms with Crippen LogP contribution in [0, 0.1) is 0 Å². The van der Waals surface area contributed by atoms with Crippen LogP contribution in [0.5, 0.6) is 0 Å². The van der Waals surface area contributed by atoms with Crippen LogP contribution in [0.3, 0.4) is 0 Å². The summed E-state index contributed by atoms with van der Waals surface area (Å²) in [6, 6.07) is 0. The molecule has 4 heteroatoms. The van der Waals surface area contributed by atoms with E-state index in [0.717, 1.165) is 10.2 Å². The first-order valence-corrected chi connectivity index (χ1v) is 5.61. The summed E-state index contributed by atoms with van der Waals surface area (Å²) in [6.07, 6.45) is 0. The topological polar surface area (TPSA) is 17.1 Å². The lowest BCUT2D eigenvalue weighted by Crippen LogP contribution is -2.00. The lowest BCUT2D eigenvalue weighted by atomic mass is 10.6. The molecule has 0 aromatic heterocycles. The summed E-state index contributed by atoms with van der Waals surface area (Å²) in [5, 5.41) is 0.591. The van der Waals surface area contributed by atoms with Gasteiger partial charge in [-0.3, -0.25) is 4.79 Å². The lowest BCUT2D eigenvalue weighted by Gasteiger charge is -1.95. The van der Waals surface area contributed by atoms with Gasteiger partial charge < -0.3 is 0 Å². The first kappa shape index (κ1) is 7.21. The monoisotopic (exact) mass is 260 g/mol. The van der Waals surface area contributed by atoms with Crippen molar-refractivity contribution in [2.24, 2.45) is 0 Å². The van der Waals surface area contributed by atoms with Crippen molar-refractivity contribution in [2.45, 2.75) is 5.25 Å². The molecule has 0 aromatic rings. The van der Waals surface area contributed by atoms with E-state index in [0.29, 0.717) is 9.70 Å². The number of rotatable bonds is 1. The second-order valence-corrected chi connectivity index (χ2v) is 4.86. The van der Waals surface area contributed by atoms with Crippen molar-refractivity contribution in [1.29, 1.82) is 0 Å². The first-order chi connectivity index (χ1) is 3.83. The average molecular weight is 260 g/mol. The molecule has 1 unspecified atom stereocenters. The SMILES string of the molecule is O=C1SCC(CI)S1. The smallest absolute Gasteiger partial charge is 0.246 e. The van der Waals surface area contributed by atoms with Crippen molar-refractivity contribution in [3.8, 4) is 0 Å². The van der Waals surface area contributed by atoms with Gasteiger partial charge in [0.15, 0.2) is 0 Å². The fourth-order valence-corrected chi connectivity index (χ4v) is 3.85. The van der Waals surface area contributed by atoms with E-state index in [9.17, 15) is 4.79 Å². The summed E-state index contributed by atoms with van der Waals surface area (Å²) in [7, 11) is 0. The number of thioether (sulfide) groups is 2. The second-order valence-electron chi connectivity index (χ2n) is 1.46. The van der Waals surface area contributed by atoms with Crippen molar-refractivity contribution in [1.82, 2.24) is 0 Å². The fourth-order valence-electron chi connectivity index (χ4n) is 0.441. The number of alkyl halides is 1. The van der Waals surface area contributed by atoms with Crippen LogP contribution >= 0.6 is 46.1 Å². The standard InChI is InChI=1S/C4H5IOS2/c5-1-3-2-7-4(6)8-3/h3H,1-2H2. The van der Waals surface area contributed by atoms with Crippen molar-refractivity contribution in [3.63, 3.8) is 0 Å². The zero-order chi connectivity index (χ0) is 5.98. The molecule has 1 heterocycles. The van der Waals surface area contributed by atoms with Gasteiger partial charge in [0.2, 0.25) is 4.45 Å². The van der Waals surface area contributed by atoms with Gasteiger partial charge >= 0.3 is 0 Å². The van der Waals surface area contributed by atoms with E-state index in [1.165, 1.54) is 23.5 Å². The van der Waals surface area contributed by atoms with E-state index < -0.39 is 0 Å². The highest BCUT2D eigenvalue weighted by molar-refractivity contribution is 14.1. The van der Waals surface area contributed by atoms with Crippen LogP contribution in [0.1, 0.15) is 0 Å². The van der Waals surface area contributed by atoms with Crippen molar-refractivity contribution in [2.75, 3.05) is 10.2 Å². The Balaban J connectivity index is 2.32. The molecule has 0 aliphatic carbocycles. The van der Waals surface area contributed by atoms with E-state index in [4.69, 9.17) is 0 Å². The Bertz CT molecular complexity index is 106. The lowest BCUT2D eigenvalue weighted by molar-refractivity contribution is 0.277. The van der Waals surface area contributed by atoms with Crippen LogP contribution in [-0.2, 0) is 0 Å². The number of halogens is 1. The molecule has 1 atom stereocenters. The molecule has 0 bridgehead atoms. The molecule has 8 heavy (non-hydrogen) atoms. The molecule has 0 amide bonds. The molecule has 0 N–H and O–H groups in total. The maximum Gasteiger partial charge on any atom is 0.246 e. The van der Waals surface area contributed by atoms with Gasteiger partial charge in [-0.05, 0) is 0 Å². The minimum absolute atomic E-state index is 0.298.